The van der Waals surface area contributed by atoms with Crippen molar-refractivity contribution in [2.45, 2.75) is 12.7 Å². The van der Waals surface area contributed by atoms with Gasteiger partial charge < -0.3 is 15.8 Å². The second-order valence-electron chi connectivity index (χ2n) is 4.80. The van der Waals surface area contributed by atoms with Crippen LogP contribution in [-0.2, 0) is 17.5 Å². The third kappa shape index (κ3) is 4.51. The molecule has 0 aliphatic carbocycles. The number of nitrogens with zero attached hydrogens (tertiary/aromatic N) is 1. The molecule has 0 aliphatic rings. The molecule has 0 bridgehead atoms. The predicted octanol–water partition coefficient (Wildman–Crippen LogP) is 3.47. The number of anilines is 3. The first-order valence-electron chi connectivity index (χ1n) is 6.81. The molecule has 24 heavy (non-hydrogen) atoms. The van der Waals surface area contributed by atoms with Crippen molar-refractivity contribution in [2.75, 3.05) is 23.5 Å². The van der Waals surface area contributed by atoms with Gasteiger partial charge in [-0.25, -0.2) is 9.78 Å². The average molecular weight is 340 g/mol. The van der Waals surface area contributed by atoms with Gasteiger partial charge in [0.25, 0.3) is 0 Å². The number of hydrogen-bond acceptors (Lipinski definition) is 5. The molecule has 1 heterocycles. The minimum atomic E-state index is -4.39. The second kappa shape index (κ2) is 7.07. The fourth-order valence-corrected chi connectivity index (χ4v) is 1.89. The minimum absolute atomic E-state index is 0.0504. The Morgan fingerprint density at radius 2 is 2.04 bits per heavy atom. The number of carbonyl (C=O) groups excluding carboxylic acids is 1. The van der Waals surface area contributed by atoms with Crippen LogP contribution in [0.15, 0.2) is 36.4 Å². The molecular formula is C15H15F3N4O2. The summed E-state index contributed by atoms with van der Waals surface area (Å²) >= 11 is 0. The maximum absolute atomic E-state index is 12.7. The summed E-state index contributed by atoms with van der Waals surface area (Å²) in [6.07, 6.45) is -5.08. The lowest BCUT2D eigenvalue weighted by Crippen LogP contribution is -2.13. The predicted molar refractivity (Wildman–Crippen MR) is 83.4 cm³/mol. The Morgan fingerprint density at radius 3 is 2.67 bits per heavy atom. The fourth-order valence-electron chi connectivity index (χ4n) is 1.89. The molecule has 6 nitrogen and oxygen atoms in total. The molecule has 2 aromatic rings. The van der Waals surface area contributed by atoms with E-state index in [1.54, 1.807) is 6.07 Å². The second-order valence-corrected chi connectivity index (χ2v) is 4.80. The number of halogens is 3. The van der Waals surface area contributed by atoms with Gasteiger partial charge in [-0.3, -0.25) is 5.32 Å². The Balaban J connectivity index is 2.05. The molecule has 1 amide bonds. The van der Waals surface area contributed by atoms with Crippen LogP contribution >= 0.6 is 0 Å². The average Bonchev–Trinajstić information content (AvgIpc) is 2.54. The number of ether oxygens (including phenoxy) is 1. The van der Waals surface area contributed by atoms with Crippen LogP contribution in [0.5, 0.6) is 0 Å². The summed E-state index contributed by atoms with van der Waals surface area (Å²) in [7, 11) is 1.21. The van der Waals surface area contributed by atoms with Gasteiger partial charge in [0.1, 0.15) is 11.6 Å². The molecule has 0 aliphatic heterocycles. The molecule has 128 valence electrons. The largest absolute Gasteiger partial charge is 0.453 e. The van der Waals surface area contributed by atoms with E-state index < -0.39 is 17.8 Å². The molecule has 4 N–H and O–H groups in total. The lowest BCUT2D eigenvalue weighted by Gasteiger charge is -2.11. The van der Waals surface area contributed by atoms with Crippen molar-refractivity contribution in [2.24, 2.45) is 0 Å². The number of hydrogen-bond donors (Lipinski definition) is 3. The van der Waals surface area contributed by atoms with Crippen molar-refractivity contribution >= 4 is 23.4 Å². The monoisotopic (exact) mass is 340 g/mol. The molecule has 0 saturated heterocycles. The van der Waals surface area contributed by atoms with Gasteiger partial charge >= 0.3 is 12.3 Å². The normalized spacial score (nSPS) is 11.0. The van der Waals surface area contributed by atoms with Crippen molar-refractivity contribution in [3.05, 3.63) is 47.5 Å². The molecule has 0 atom stereocenters. The summed E-state index contributed by atoms with van der Waals surface area (Å²) in [6, 6.07) is 8.02. The number of carbonyl (C=O) groups is 1. The van der Waals surface area contributed by atoms with Crippen LogP contribution in [0.3, 0.4) is 0 Å². The van der Waals surface area contributed by atoms with Gasteiger partial charge in [0, 0.05) is 6.54 Å². The Bertz CT molecular complexity index is 735. The lowest BCUT2D eigenvalue weighted by molar-refractivity contribution is -0.137. The van der Waals surface area contributed by atoms with Gasteiger partial charge in [-0.2, -0.15) is 13.2 Å². The van der Waals surface area contributed by atoms with Crippen LogP contribution in [0.2, 0.25) is 0 Å². The number of rotatable bonds is 4. The molecule has 1 aromatic heterocycles. The number of amides is 1. The van der Waals surface area contributed by atoms with Crippen LogP contribution in [0, 0.1) is 0 Å². The number of alkyl halides is 3. The summed E-state index contributed by atoms with van der Waals surface area (Å²) in [6.45, 7) is 0.139. The van der Waals surface area contributed by atoms with E-state index in [1.165, 1.54) is 25.3 Å². The van der Waals surface area contributed by atoms with Crippen LogP contribution in [-0.4, -0.2) is 18.2 Å². The van der Waals surface area contributed by atoms with E-state index in [2.05, 4.69) is 20.4 Å². The summed E-state index contributed by atoms with van der Waals surface area (Å²) in [4.78, 5) is 15.1. The number of nitrogens with one attached hydrogen (secondary N) is 2. The quantitative estimate of drug-likeness (QED) is 0.793. The topological polar surface area (TPSA) is 89.3 Å². The third-order valence-corrected chi connectivity index (χ3v) is 3.07. The Labute approximate surface area is 135 Å². The van der Waals surface area contributed by atoms with Crippen LogP contribution in [0.1, 0.15) is 11.1 Å². The van der Waals surface area contributed by atoms with E-state index in [4.69, 9.17) is 5.73 Å². The van der Waals surface area contributed by atoms with E-state index in [-0.39, 0.29) is 18.1 Å². The number of nitrogens with two attached hydrogens (primary N) is 1. The van der Waals surface area contributed by atoms with E-state index in [1.807, 2.05) is 0 Å². The van der Waals surface area contributed by atoms with Crippen LogP contribution in [0.4, 0.5) is 35.3 Å². The maximum Gasteiger partial charge on any atom is 0.416 e. The number of aromatic nitrogens is 1. The Morgan fingerprint density at radius 1 is 1.29 bits per heavy atom. The van der Waals surface area contributed by atoms with E-state index in [0.717, 1.165) is 12.1 Å². The highest BCUT2D eigenvalue weighted by Gasteiger charge is 2.30. The highest BCUT2D eigenvalue weighted by molar-refractivity contribution is 5.88. The lowest BCUT2D eigenvalue weighted by atomic mass is 10.1. The van der Waals surface area contributed by atoms with Crippen molar-refractivity contribution in [1.29, 1.82) is 0 Å². The molecular weight excluding hydrogens is 325 g/mol. The van der Waals surface area contributed by atoms with E-state index >= 15 is 0 Å². The van der Waals surface area contributed by atoms with Crippen LogP contribution in [0.25, 0.3) is 0 Å². The highest BCUT2D eigenvalue weighted by Crippen LogP contribution is 2.29. The maximum atomic E-state index is 12.7. The van der Waals surface area contributed by atoms with Gasteiger partial charge in [0.2, 0.25) is 0 Å². The van der Waals surface area contributed by atoms with Gasteiger partial charge in [0.05, 0.1) is 18.4 Å². The molecule has 9 heteroatoms. The Kier molecular flexibility index (Phi) is 5.12. The van der Waals surface area contributed by atoms with E-state index in [9.17, 15) is 18.0 Å². The molecule has 1 aromatic carbocycles. The zero-order valence-electron chi connectivity index (χ0n) is 12.6. The van der Waals surface area contributed by atoms with Crippen molar-refractivity contribution < 1.29 is 22.7 Å². The summed E-state index contributed by atoms with van der Waals surface area (Å²) in [5.41, 5.74) is 5.70. The molecule has 0 radical (unpaired) electrons. The standard InChI is InChI=1S/C15H15F3N4O2/c1-24-14(23)21-11-5-6-12(22-13(11)19)20-8-9-3-2-4-10(7-9)15(16,17)18/h2-7H,8H2,1H3,(H,21,23)(H3,19,20,22). The number of methoxy groups -OCH3 is 1. The molecule has 0 saturated carbocycles. The third-order valence-electron chi connectivity index (χ3n) is 3.07. The molecule has 2 rings (SSSR count). The number of benzene rings is 1. The first-order valence-corrected chi connectivity index (χ1v) is 6.81. The van der Waals surface area contributed by atoms with Gasteiger partial charge in [0.15, 0.2) is 0 Å². The minimum Gasteiger partial charge on any atom is -0.453 e. The van der Waals surface area contributed by atoms with Crippen LogP contribution < -0.4 is 16.4 Å². The van der Waals surface area contributed by atoms with Gasteiger partial charge in [-0.1, -0.05) is 12.1 Å². The number of nitrogen functional groups attached to an aromatic ring is 1. The first-order chi connectivity index (χ1) is 11.3. The fraction of sp³-hybridized carbons (Fsp3) is 0.200. The van der Waals surface area contributed by atoms with Crippen molar-refractivity contribution in [1.82, 2.24) is 4.98 Å². The van der Waals surface area contributed by atoms with Gasteiger partial charge in [-0.15, -0.1) is 0 Å². The zero-order valence-corrected chi connectivity index (χ0v) is 12.6. The summed E-state index contributed by atoms with van der Waals surface area (Å²) in [5.74, 6) is 0.412. The van der Waals surface area contributed by atoms with Crippen molar-refractivity contribution in [3.8, 4) is 0 Å². The number of pyridine rings is 1. The molecule has 0 unspecified atom stereocenters. The highest BCUT2D eigenvalue weighted by atomic mass is 19.4. The zero-order chi connectivity index (χ0) is 17.7. The summed E-state index contributed by atoms with van der Waals surface area (Å²) < 4.78 is 42.4. The first kappa shape index (κ1) is 17.4. The summed E-state index contributed by atoms with van der Waals surface area (Å²) in [5, 5.41) is 5.26. The smallest absolute Gasteiger partial charge is 0.416 e. The SMILES string of the molecule is COC(=O)Nc1ccc(NCc2cccc(C(F)(F)F)c2)nc1N. The molecule has 0 spiro atoms. The Hall–Kier alpha value is -2.97. The van der Waals surface area contributed by atoms with Crippen molar-refractivity contribution in [3.63, 3.8) is 0 Å². The molecule has 0 fully saturated rings. The van der Waals surface area contributed by atoms with E-state index in [0.29, 0.717) is 11.4 Å². The van der Waals surface area contributed by atoms with Gasteiger partial charge in [-0.05, 0) is 29.8 Å².